The van der Waals surface area contributed by atoms with E-state index in [0.717, 1.165) is 43.0 Å². The third-order valence-electron chi connectivity index (χ3n) is 14.0. The Morgan fingerprint density at radius 2 is 1.73 bits per heavy atom. The van der Waals surface area contributed by atoms with Crippen LogP contribution < -0.4 is 19.4 Å². The van der Waals surface area contributed by atoms with Crippen LogP contribution >= 0.6 is 34.8 Å². The standard InChI is InChI=1S/C23H28N2O4.C19H17Cl3N2O2.3H2/c1-27-16-8-14-15(9-17(16)28-2)25-20(26)10-18-21-13-7-19-23(14,22(21)25)4-5-24(19)11-12(13)3-6-29-18;1-19(2,11-3-5-12(20)6-4-11)17-10-15(18(25)26)23-24(17)16-8-7-13(21)9-14(16)22;;;/h8-9,12-13,18-19,21-22H,3-7,10-11H2,1-2H3;3-9,17H,10H2,1-2H3,(H,25,26);3*1H/t12?,13?,18?,19-,21?,22-,23+;;;;/m0..../s1. The molecule has 1 aliphatic carbocycles. The van der Waals surface area contributed by atoms with E-state index in [1.54, 1.807) is 37.4 Å². The lowest BCUT2D eigenvalue weighted by Crippen LogP contribution is -2.70. The van der Waals surface area contributed by atoms with Crippen molar-refractivity contribution in [3.8, 4) is 11.5 Å². The van der Waals surface area contributed by atoms with Gasteiger partial charge in [-0.2, -0.15) is 5.10 Å². The molecule has 2 bridgehead atoms. The van der Waals surface area contributed by atoms with Crippen LogP contribution in [0, 0.1) is 17.8 Å². The number of piperidine rings is 2. The maximum Gasteiger partial charge on any atom is 0.352 e. The zero-order chi connectivity index (χ0) is 38.6. The number of amides is 1. The number of carboxylic acids is 1. The molecule has 6 heterocycles. The van der Waals surface area contributed by atoms with Crippen molar-refractivity contribution >= 4 is 63.8 Å². The number of ether oxygens (including phenoxy) is 3. The zero-order valence-corrected chi connectivity index (χ0v) is 33.6. The monoisotopic (exact) mass is 812 g/mol. The van der Waals surface area contributed by atoms with Crippen LogP contribution in [-0.2, 0) is 25.2 Å². The minimum atomic E-state index is -1.03. The van der Waals surface area contributed by atoms with Crippen molar-refractivity contribution in [2.24, 2.45) is 22.9 Å². The number of nitrogens with zero attached hydrogens (tertiary/aromatic N) is 4. The van der Waals surface area contributed by atoms with Crippen LogP contribution in [0.15, 0.2) is 59.7 Å². The summed E-state index contributed by atoms with van der Waals surface area (Å²) in [5, 5.41) is 17.1. The molecule has 0 aromatic heterocycles. The smallest absolute Gasteiger partial charge is 0.352 e. The van der Waals surface area contributed by atoms with Gasteiger partial charge in [-0.05, 0) is 85.2 Å². The Labute approximate surface area is 340 Å². The molecule has 3 aromatic rings. The lowest BCUT2D eigenvalue weighted by atomic mass is 9.52. The number of aliphatic carboxylic acids is 1. The molecule has 1 saturated carbocycles. The molecule has 10 nitrogen and oxygen atoms in total. The van der Waals surface area contributed by atoms with Crippen LogP contribution in [0.3, 0.4) is 0 Å². The van der Waals surface area contributed by atoms with Gasteiger partial charge >= 0.3 is 5.97 Å². The fourth-order valence-electron chi connectivity index (χ4n) is 11.5. The highest BCUT2D eigenvalue weighted by molar-refractivity contribution is 6.38. The highest BCUT2D eigenvalue weighted by Crippen LogP contribution is 2.67. The molecule has 10 rings (SSSR count). The van der Waals surface area contributed by atoms with E-state index in [-0.39, 0.29) is 39.5 Å². The van der Waals surface area contributed by atoms with Crippen molar-refractivity contribution in [2.45, 2.75) is 81.0 Å². The molecule has 1 N–H and O–H groups in total. The fraction of sp³-hybridized carbons (Fsp3) is 0.500. The summed E-state index contributed by atoms with van der Waals surface area (Å²) >= 11 is 18.4. The Morgan fingerprint density at radius 1 is 1.00 bits per heavy atom. The summed E-state index contributed by atoms with van der Waals surface area (Å²) in [4.78, 5) is 29.9. The Hall–Kier alpha value is -3.54. The Kier molecular flexibility index (Phi) is 9.13. The Balaban J connectivity index is 0.000000187. The molecular weight excluding hydrogens is 763 g/mol. The van der Waals surface area contributed by atoms with Crippen molar-refractivity contribution < 1.29 is 33.2 Å². The van der Waals surface area contributed by atoms with Gasteiger partial charge in [-0.3, -0.25) is 14.7 Å². The summed E-state index contributed by atoms with van der Waals surface area (Å²) in [5.41, 5.74) is 3.72. The molecule has 55 heavy (non-hydrogen) atoms. The number of methoxy groups -OCH3 is 2. The maximum absolute atomic E-state index is 13.5. The molecule has 3 aromatic carbocycles. The SMILES string of the molecule is CC(C)(c1ccc(Cl)cc1)C1CC(C(=O)O)=NN1c1ccc(Cl)cc1Cl.COc1cc2c(cc1OC)[C@@]13CCN4CC5CCOC6CC(=O)N2[C@H]1C6C5C[C@H]43.[HH].[HH].[HH]. The number of carboxylic acid groups (broad SMARTS) is 1. The first-order valence-corrected chi connectivity index (χ1v) is 20.3. The van der Waals surface area contributed by atoms with Gasteiger partial charge in [-0.1, -0.05) is 60.8 Å². The number of benzene rings is 3. The van der Waals surface area contributed by atoms with Crippen LogP contribution in [0.5, 0.6) is 11.5 Å². The summed E-state index contributed by atoms with van der Waals surface area (Å²) in [6.07, 6.45) is 4.41. The number of rotatable bonds is 6. The van der Waals surface area contributed by atoms with E-state index in [2.05, 4.69) is 40.9 Å². The van der Waals surface area contributed by atoms with Gasteiger partial charge in [-0.15, -0.1) is 0 Å². The second-order valence-corrected chi connectivity index (χ2v) is 17.9. The first-order chi connectivity index (χ1) is 26.4. The van der Waals surface area contributed by atoms with Crippen molar-refractivity contribution in [3.63, 3.8) is 0 Å². The van der Waals surface area contributed by atoms with E-state index in [1.165, 1.54) is 18.5 Å². The topological polar surface area (TPSA) is 104 Å². The number of hydrogen-bond donors (Lipinski definition) is 1. The second kappa shape index (κ2) is 13.5. The van der Waals surface area contributed by atoms with Gasteiger partial charge in [0.1, 0.15) is 5.71 Å². The van der Waals surface area contributed by atoms with Crippen LogP contribution in [0.1, 0.15) is 61.4 Å². The van der Waals surface area contributed by atoms with Crippen LogP contribution in [0.25, 0.3) is 0 Å². The van der Waals surface area contributed by atoms with E-state index >= 15 is 0 Å². The van der Waals surface area contributed by atoms with Crippen molar-refractivity contribution in [3.05, 3.63) is 80.8 Å². The molecule has 8 atom stereocenters. The van der Waals surface area contributed by atoms with Crippen LogP contribution in [-0.4, -0.2) is 85.7 Å². The molecule has 4 saturated heterocycles. The van der Waals surface area contributed by atoms with Crippen LogP contribution in [0.2, 0.25) is 15.1 Å². The minimum absolute atomic E-state index is 0. The van der Waals surface area contributed by atoms with Crippen molar-refractivity contribution in [1.29, 1.82) is 0 Å². The fourth-order valence-corrected chi connectivity index (χ4v) is 12.1. The Bertz CT molecular complexity index is 2110. The Morgan fingerprint density at radius 3 is 2.44 bits per heavy atom. The molecule has 0 radical (unpaired) electrons. The van der Waals surface area contributed by atoms with Crippen molar-refractivity contribution in [2.75, 3.05) is 43.8 Å². The maximum atomic E-state index is 13.5. The molecule has 1 spiro atoms. The number of hydrogen-bond acceptors (Lipinski definition) is 8. The molecule has 6 aliphatic heterocycles. The third kappa shape index (κ3) is 5.60. The first-order valence-electron chi connectivity index (χ1n) is 19.1. The molecule has 296 valence electrons. The summed E-state index contributed by atoms with van der Waals surface area (Å²) in [6, 6.07) is 17.4. The van der Waals surface area contributed by atoms with Gasteiger partial charge in [0.2, 0.25) is 5.91 Å². The molecule has 13 heteroatoms. The molecule has 7 aliphatic rings. The lowest BCUT2D eigenvalue weighted by Gasteiger charge is -2.59. The van der Waals surface area contributed by atoms with Gasteiger partial charge in [0.25, 0.3) is 0 Å². The highest BCUT2D eigenvalue weighted by Gasteiger charge is 2.71. The lowest BCUT2D eigenvalue weighted by molar-refractivity contribution is -0.134. The second-order valence-electron chi connectivity index (χ2n) is 16.6. The minimum Gasteiger partial charge on any atom is -0.493 e. The van der Waals surface area contributed by atoms with E-state index in [4.69, 9.17) is 49.0 Å². The molecule has 5 fully saturated rings. The van der Waals surface area contributed by atoms with Gasteiger partial charge in [0.15, 0.2) is 11.5 Å². The number of carbonyl (C=O) groups is 2. The number of halogens is 3. The highest BCUT2D eigenvalue weighted by atomic mass is 35.5. The summed E-state index contributed by atoms with van der Waals surface area (Å²) in [5.74, 6) is 2.50. The third-order valence-corrected chi connectivity index (χ3v) is 14.8. The number of fused-ring (bicyclic) bond motifs is 2. The van der Waals surface area contributed by atoms with Gasteiger partial charge in [0, 0.05) is 62.8 Å². The van der Waals surface area contributed by atoms with E-state index in [1.807, 2.05) is 24.3 Å². The number of carbonyl (C=O) groups excluding carboxylic acids is 1. The molecular formula is C42H51Cl3N4O6. The first kappa shape index (κ1) is 37.1. The predicted molar refractivity (Wildman–Crippen MR) is 220 cm³/mol. The van der Waals surface area contributed by atoms with E-state index < -0.39 is 11.4 Å². The van der Waals surface area contributed by atoms with Gasteiger partial charge in [0.05, 0.1) is 55.2 Å². The van der Waals surface area contributed by atoms with Gasteiger partial charge in [-0.25, -0.2) is 4.79 Å². The average Bonchev–Trinajstić information content (AvgIpc) is 3.83. The quantitative estimate of drug-likeness (QED) is 0.264. The summed E-state index contributed by atoms with van der Waals surface area (Å²) < 4.78 is 17.7. The summed E-state index contributed by atoms with van der Waals surface area (Å²) in [7, 11) is 3.38. The average molecular weight is 814 g/mol. The molecule has 1 amide bonds. The number of anilines is 2. The van der Waals surface area contributed by atoms with E-state index in [9.17, 15) is 14.7 Å². The van der Waals surface area contributed by atoms with Gasteiger partial charge < -0.3 is 24.2 Å². The zero-order valence-electron chi connectivity index (χ0n) is 31.3. The van der Waals surface area contributed by atoms with Crippen LogP contribution in [0.4, 0.5) is 11.4 Å². The normalized spacial score (nSPS) is 31.3. The largest absolute Gasteiger partial charge is 0.493 e. The predicted octanol–water partition coefficient (Wildman–Crippen LogP) is 8.57. The van der Waals surface area contributed by atoms with Crippen molar-refractivity contribution in [1.82, 2.24) is 4.90 Å². The van der Waals surface area contributed by atoms with E-state index in [0.29, 0.717) is 63.1 Å². The number of hydrazone groups is 1. The summed E-state index contributed by atoms with van der Waals surface area (Å²) in [6.45, 7) is 7.25. The molecule has 5 unspecified atom stereocenters.